The van der Waals surface area contributed by atoms with Crippen molar-refractivity contribution in [1.82, 2.24) is 14.9 Å². The molecule has 0 radical (unpaired) electrons. The van der Waals surface area contributed by atoms with Crippen molar-refractivity contribution in [2.75, 3.05) is 39.1 Å². The molecule has 0 atom stereocenters. The van der Waals surface area contributed by atoms with Crippen LogP contribution in [0.3, 0.4) is 0 Å². The van der Waals surface area contributed by atoms with Crippen molar-refractivity contribution in [2.24, 2.45) is 0 Å². The van der Waals surface area contributed by atoms with Gasteiger partial charge in [-0.1, -0.05) is 6.92 Å². The van der Waals surface area contributed by atoms with Crippen molar-refractivity contribution < 1.29 is 4.74 Å². The van der Waals surface area contributed by atoms with Gasteiger partial charge in [-0.2, -0.15) is 4.98 Å². The van der Waals surface area contributed by atoms with Crippen molar-refractivity contribution in [3.05, 3.63) is 11.8 Å². The minimum Gasteiger partial charge on any atom is -0.477 e. The number of nitrogens with zero attached hydrogens (tertiary/aromatic N) is 3. The zero-order valence-electron chi connectivity index (χ0n) is 11.9. The molecular weight excluding hydrogens is 228 g/mol. The number of rotatable bonds is 8. The van der Waals surface area contributed by atoms with Crippen molar-refractivity contribution in [3.8, 4) is 5.88 Å². The van der Waals surface area contributed by atoms with Gasteiger partial charge in [-0.3, -0.25) is 0 Å². The van der Waals surface area contributed by atoms with Crippen molar-refractivity contribution in [3.63, 3.8) is 0 Å². The lowest BCUT2D eigenvalue weighted by Gasteiger charge is -2.11. The van der Waals surface area contributed by atoms with E-state index in [2.05, 4.69) is 41.2 Å². The third-order valence-corrected chi connectivity index (χ3v) is 2.36. The summed E-state index contributed by atoms with van der Waals surface area (Å²) in [6, 6.07) is 1.87. The van der Waals surface area contributed by atoms with Crippen molar-refractivity contribution >= 4 is 5.95 Å². The van der Waals surface area contributed by atoms with Crippen LogP contribution in [-0.4, -0.2) is 48.7 Å². The third-order valence-electron chi connectivity index (χ3n) is 2.36. The summed E-state index contributed by atoms with van der Waals surface area (Å²) in [5.74, 6) is 1.30. The molecule has 1 N–H and O–H groups in total. The SMILES string of the molecule is CCCNc1nc(C)cc(OCCCN(C)C)n1. The van der Waals surface area contributed by atoms with Crippen molar-refractivity contribution in [1.29, 1.82) is 0 Å². The molecule has 102 valence electrons. The van der Waals surface area contributed by atoms with E-state index in [1.54, 1.807) is 0 Å². The van der Waals surface area contributed by atoms with E-state index >= 15 is 0 Å². The molecule has 0 saturated carbocycles. The van der Waals surface area contributed by atoms with Crippen molar-refractivity contribution in [2.45, 2.75) is 26.7 Å². The van der Waals surface area contributed by atoms with E-state index in [0.717, 1.165) is 31.6 Å². The van der Waals surface area contributed by atoms with Crippen LogP contribution in [0.15, 0.2) is 6.07 Å². The van der Waals surface area contributed by atoms with E-state index < -0.39 is 0 Å². The minimum atomic E-state index is 0.652. The molecule has 1 heterocycles. The van der Waals surface area contributed by atoms with Gasteiger partial charge in [0.1, 0.15) is 0 Å². The summed E-state index contributed by atoms with van der Waals surface area (Å²) in [5, 5.41) is 3.17. The van der Waals surface area contributed by atoms with Gasteiger partial charge < -0.3 is 15.0 Å². The zero-order valence-corrected chi connectivity index (χ0v) is 11.9. The average Bonchev–Trinajstić information content (AvgIpc) is 2.31. The molecule has 0 fully saturated rings. The molecule has 0 bridgehead atoms. The first-order valence-corrected chi connectivity index (χ1v) is 6.49. The maximum absolute atomic E-state index is 5.64. The number of hydrogen-bond donors (Lipinski definition) is 1. The summed E-state index contributed by atoms with van der Waals surface area (Å²) in [4.78, 5) is 10.8. The normalized spacial score (nSPS) is 10.7. The molecule has 5 nitrogen and oxygen atoms in total. The van der Waals surface area contributed by atoms with Gasteiger partial charge in [0.2, 0.25) is 11.8 Å². The average molecular weight is 252 g/mol. The highest BCUT2D eigenvalue weighted by Crippen LogP contribution is 2.12. The molecule has 18 heavy (non-hydrogen) atoms. The van der Waals surface area contributed by atoms with Crippen LogP contribution in [0, 0.1) is 6.92 Å². The van der Waals surface area contributed by atoms with Gasteiger partial charge >= 0.3 is 0 Å². The molecule has 0 saturated heterocycles. The fraction of sp³-hybridized carbons (Fsp3) is 0.692. The van der Waals surface area contributed by atoms with E-state index in [0.29, 0.717) is 18.4 Å². The van der Waals surface area contributed by atoms with Crippen LogP contribution in [0.4, 0.5) is 5.95 Å². The number of ether oxygens (including phenoxy) is 1. The second kappa shape index (κ2) is 7.87. The molecule has 0 aliphatic heterocycles. The van der Waals surface area contributed by atoms with Crippen LogP contribution >= 0.6 is 0 Å². The second-order valence-corrected chi connectivity index (χ2v) is 4.60. The Balaban J connectivity index is 2.46. The highest BCUT2D eigenvalue weighted by atomic mass is 16.5. The van der Waals surface area contributed by atoms with Gasteiger partial charge in [-0.05, 0) is 33.9 Å². The smallest absolute Gasteiger partial charge is 0.226 e. The molecule has 0 amide bonds. The van der Waals surface area contributed by atoms with Gasteiger partial charge in [0.15, 0.2) is 0 Å². The maximum atomic E-state index is 5.64. The molecule has 1 aromatic heterocycles. The molecule has 0 aromatic carbocycles. The van der Waals surface area contributed by atoms with Gasteiger partial charge in [0.05, 0.1) is 6.61 Å². The highest BCUT2D eigenvalue weighted by Gasteiger charge is 2.02. The predicted octanol–water partition coefficient (Wildman–Crippen LogP) is 1.94. The summed E-state index contributed by atoms with van der Waals surface area (Å²) < 4.78 is 5.64. The number of anilines is 1. The Bertz CT molecular complexity index is 355. The monoisotopic (exact) mass is 252 g/mol. The van der Waals surface area contributed by atoms with Gasteiger partial charge in [-0.25, -0.2) is 4.98 Å². The topological polar surface area (TPSA) is 50.3 Å². The van der Waals surface area contributed by atoms with Crippen LogP contribution in [-0.2, 0) is 0 Å². The molecular formula is C13H24N4O. The number of nitrogens with one attached hydrogen (secondary N) is 1. The van der Waals surface area contributed by atoms with Crippen LogP contribution < -0.4 is 10.1 Å². The lowest BCUT2D eigenvalue weighted by molar-refractivity contribution is 0.273. The first-order chi connectivity index (χ1) is 8.61. The third kappa shape index (κ3) is 5.82. The summed E-state index contributed by atoms with van der Waals surface area (Å²) >= 11 is 0. The molecule has 5 heteroatoms. The van der Waals surface area contributed by atoms with E-state index in [4.69, 9.17) is 4.74 Å². The van der Waals surface area contributed by atoms with Crippen LogP contribution in [0.25, 0.3) is 0 Å². The fourth-order valence-corrected chi connectivity index (χ4v) is 1.49. The second-order valence-electron chi connectivity index (χ2n) is 4.60. The highest BCUT2D eigenvalue weighted by molar-refractivity contribution is 5.30. The van der Waals surface area contributed by atoms with Gasteiger partial charge in [0, 0.05) is 24.8 Å². The molecule has 0 spiro atoms. The van der Waals surface area contributed by atoms with Gasteiger partial charge in [-0.15, -0.1) is 0 Å². The number of aryl methyl sites for hydroxylation is 1. The molecule has 1 aromatic rings. The molecule has 0 aliphatic carbocycles. The Labute approximate surface area is 110 Å². The van der Waals surface area contributed by atoms with Crippen LogP contribution in [0.2, 0.25) is 0 Å². The maximum Gasteiger partial charge on any atom is 0.226 e. The Kier molecular flexibility index (Phi) is 6.43. The van der Waals surface area contributed by atoms with E-state index in [1.807, 2.05) is 13.0 Å². The fourth-order valence-electron chi connectivity index (χ4n) is 1.49. The lowest BCUT2D eigenvalue weighted by atomic mass is 10.4. The van der Waals surface area contributed by atoms with Gasteiger partial charge in [0.25, 0.3) is 0 Å². The summed E-state index contributed by atoms with van der Waals surface area (Å²) in [7, 11) is 4.11. The summed E-state index contributed by atoms with van der Waals surface area (Å²) in [5.41, 5.74) is 0.922. The Hall–Kier alpha value is -1.36. The molecule has 0 aliphatic rings. The lowest BCUT2D eigenvalue weighted by Crippen LogP contribution is -2.16. The molecule has 0 unspecified atom stereocenters. The Morgan fingerprint density at radius 1 is 1.33 bits per heavy atom. The number of hydrogen-bond acceptors (Lipinski definition) is 5. The standard InChI is InChI=1S/C13H24N4O/c1-5-7-14-13-15-11(2)10-12(16-13)18-9-6-8-17(3)4/h10H,5-9H2,1-4H3,(H,14,15,16). The Morgan fingerprint density at radius 3 is 2.78 bits per heavy atom. The predicted molar refractivity (Wildman–Crippen MR) is 74.2 cm³/mol. The number of aromatic nitrogens is 2. The van der Waals surface area contributed by atoms with E-state index in [9.17, 15) is 0 Å². The zero-order chi connectivity index (χ0) is 13.4. The summed E-state index contributed by atoms with van der Waals surface area (Å²) in [6.07, 6.45) is 2.05. The van der Waals surface area contributed by atoms with Crippen LogP contribution in [0.5, 0.6) is 5.88 Å². The molecule has 1 rings (SSSR count). The summed E-state index contributed by atoms with van der Waals surface area (Å²) in [6.45, 7) is 6.64. The minimum absolute atomic E-state index is 0.652. The van der Waals surface area contributed by atoms with E-state index in [-0.39, 0.29) is 0 Å². The Morgan fingerprint density at radius 2 is 2.11 bits per heavy atom. The first-order valence-electron chi connectivity index (χ1n) is 6.49. The van der Waals surface area contributed by atoms with E-state index in [1.165, 1.54) is 0 Å². The quantitative estimate of drug-likeness (QED) is 0.717. The van der Waals surface area contributed by atoms with Crippen LogP contribution in [0.1, 0.15) is 25.5 Å². The first kappa shape index (κ1) is 14.7. The largest absolute Gasteiger partial charge is 0.477 e.